The lowest BCUT2D eigenvalue weighted by Gasteiger charge is -2.28. The molecule has 0 unspecified atom stereocenters. The zero-order valence-corrected chi connectivity index (χ0v) is 14.9. The number of hydrogen-bond acceptors (Lipinski definition) is 5. The van der Waals surface area contributed by atoms with Gasteiger partial charge < -0.3 is 25.2 Å². The smallest absolute Gasteiger partial charge is 0.338 e. The normalized spacial score (nSPS) is 17.2. The molecule has 0 spiro atoms. The van der Waals surface area contributed by atoms with Crippen LogP contribution >= 0.6 is 0 Å². The van der Waals surface area contributed by atoms with Crippen molar-refractivity contribution < 1.29 is 24.2 Å². The number of aromatic hydroxyl groups is 1. The molecule has 3 N–H and O–H groups in total. The van der Waals surface area contributed by atoms with Crippen LogP contribution in [0.25, 0.3) is 0 Å². The topological polar surface area (TPSA) is 96.9 Å². The number of rotatable bonds is 6. The molecule has 2 rings (SSSR count). The monoisotopic (exact) mass is 348 g/mol. The van der Waals surface area contributed by atoms with Crippen molar-refractivity contribution in [3.63, 3.8) is 0 Å². The van der Waals surface area contributed by atoms with Gasteiger partial charge >= 0.3 is 12.0 Å². The van der Waals surface area contributed by atoms with Crippen LogP contribution in [0.15, 0.2) is 29.5 Å². The van der Waals surface area contributed by atoms with Gasteiger partial charge in [0.05, 0.1) is 24.8 Å². The Bertz CT molecular complexity index is 697. The molecule has 0 saturated heterocycles. The standard InChI is InChI=1S/C18H24N2O5/c1-5-24-14-8-12(6-7-13(14)21)16-15(11(4)19-18(23)20-16)17(22)25-9-10(2)3/h6-8,10,16,21H,5,9H2,1-4H3,(H2,19,20,23)/t16-/m0/s1. The molecule has 2 amide bonds. The van der Waals surface area contributed by atoms with Crippen molar-refractivity contribution in [3.05, 3.63) is 35.0 Å². The van der Waals surface area contributed by atoms with Crippen LogP contribution in [0.4, 0.5) is 4.79 Å². The van der Waals surface area contributed by atoms with Crippen molar-refractivity contribution in [2.24, 2.45) is 5.92 Å². The number of carbonyl (C=O) groups excluding carboxylic acids is 2. The van der Waals surface area contributed by atoms with Crippen LogP contribution in [-0.4, -0.2) is 30.3 Å². The molecular formula is C18H24N2O5. The summed E-state index contributed by atoms with van der Waals surface area (Å²) in [6, 6.07) is 3.62. The van der Waals surface area contributed by atoms with Crippen molar-refractivity contribution in [1.82, 2.24) is 10.6 Å². The van der Waals surface area contributed by atoms with E-state index in [-0.39, 0.29) is 18.3 Å². The maximum atomic E-state index is 12.5. The van der Waals surface area contributed by atoms with Gasteiger partial charge in [0.1, 0.15) is 0 Å². The minimum absolute atomic E-state index is 0.00417. The van der Waals surface area contributed by atoms with E-state index in [2.05, 4.69) is 10.6 Å². The Morgan fingerprint density at radius 3 is 2.72 bits per heavy atom. The van der Waals surface area contributed by atoms with Crippen molar-refractivity contribution >= 4 is 12.0 Å². The van der Waals surface area contributed by atoms with Gasteiger partial charge in [-0.2, -0.15) is 0 Å². The third-order valence-electron chi connectivity index (χ3n) is 3.65. The molecule has 1 heterocycles. The highest BCUT2D eigenvalue weighted by atomic mass is 16.5. The second-order valence-corrected chi connectivity index (χ2v) is 6.22. The van der Waals surface area contributed by atoms with Crippen molar-refractivity contribution in [3.8, 4) is 11.5 Å². The average Bonchev–Trinajstić information content (AvgIpc) is 2.54. The highest BCUT2D eigenvalue weighted by Crippen LogP contribution is 2.34. The summed E-state index contributed by atoms with van der Waals surface area (Å²) in [6.07, 6.45) is 0. The summed E-state index contributed by atoms with van der Waals surface area (Å²) >= 11 is 0. The van der Waals surface area contributed by atoms with Gasteiger partial charge in [-0.15, -0.1) is 0 Å². The lowest BCUT2D eigenvalue weighted by atomic mass is 9.95. The molecule has 7 heteroatoms. The molecule has 1 aliphatic rings. The molecule has 1 aliphatic heterocycles. The minimum atomic E-state index is -0.687. The Hall–Kier alpha value is -2.70. The van der Waals surface area contributed by atoms with E-state index in [0.717, 1.165) is 0 Å². The second-order valence-electron chi connectivity index (χ2n) is 6.22. The zero-order valence-electron chi connectivity index (χ0n) is 14.9. The number of hydrogen-bond donors (Lipinski definition) is 3. The number of amides is 2. The number of urea groups is 1. The van der Waals surface area contributed by atoms with Gasteiger partial charge in [0.25, 0.3) is 0 Å². The molecule has 0 fully saturated rings. The van der Waals surface area contributed by atoms with Crippen LogP contribution in [0, 0.1) is 5.92 Å². The molecule has 1 aromatic carbocycles. The molecule has 1 atom stereocenters. The van der Waals surface area contributed by atoms with Crippen molar-refractivity contribution in [2.75, 3.05) is 13.2 Å². The first-order valence-electron chi connectivity index (χ1n) is 8.24. The van der Waals surface area contributed by atoms with Crippen LogP contribution in [0.1, 0.15) is 39.3 Å². The molecule has 136 valence electrons. The van der Waals surface area contributed by atoms with Gasteiger partial charge in [-0.1, -0.05) is 19.9 Å². The maximum Gasteiger partial charge on any atom is 0.338 e. The van der Waals surface area contributed by atoms with E-state index in [1.807, 2.05) is 13.8 Å². The van der Waals surface area contributed by atoms with E-state index < -0.39 is 18.0 Å². The zero-order chi connectivity index (χ0) is 18.6. The predicted molar refractivity (Wildman–Crippen MR) is 92.2 cm³/mol. The van der Waals surface area contributed by atoms with Crippen LogP contribution < -0.4 is 15.4 Å². The first kappa shape index (κ1) is 18.6. The number of esters is 1. The third kappa shape index (κ3) is 4.43. The summed E-state index contributed by atoms with van der Waals surface area (Å²) in [4.78, 5) is 24.4. The second kappa shape index (κ2) is 7.92. The Labute approximate surface area is 147 Å². The summed E-state index contributed by atoms with van der Waals surface area (Å²) in [7, 11) is 0. The molecular weight excluding hydrogens is 324 g/mol. The Morgan fingerprint density at radius 1 is 1.36 bits per heavy atom. The first-order chi connectivity index (χ1) is 11.8. The van der Waals surface area contributed by atoms with Crippen LogP contribution in [0.3, 0.4) is 0 Å². The summed E-state index contributed by atoms with van der Waals surface area (Å²) < 4.78 is 10.7. The molecule has 0 aromatic heterocycles. The Morgan fingerprint density at radius 2 is 2.08 bits per heavy atom. The van der Waals surface area contributed by atoms with Crippen LogP contribution in [0.2, 0.25) is 0 Å². The van der Waals surface area contributed by atoms with Gasteiger partial charge in [-0.05, 0) is 37.5 Å². The Balaban J connectivity index is 2.38. The number of phenolic OH excluding ortho intramolecular Hbond substituents is 1. The van der Waals surface area contributed by atoms with E-state index >= 15 is 0 Å². The molecule has 0 radical (unpaired) electrons. The van der Waals surface area contributed by atoms with Crippen LogP contribution in [-0.2, 0) is 9.53 Å². The molecule has 0 saturated carbocycles. The van der Waals surface area contributed by atoms with Crippen LogP contribution in [0.5, 0.6) is 11.5 Å². The molecule has 1 aromatic rings. The van der Waals surface area contributed by atoms with Gasteiger partial charge in [-0.3, -0.25) is 0 Å². The first-order valence-corrected chi connectivity index (χ1v) is 8.24. The fourth-order valence-electron chi connectivity index (χ4n) is 2.52. The summed E-state index contributed by atoms with van der Waals surface area (Å²) in [5.41, 5.74) is 1.38. The number of allylic oxidation sites excluding steroid dienone is 1. The lowest BCUT2D eigenvalue weighted by Crippen LogP contribution is -2.45. The summed E-state index contributed by atoms with van der Waals surface area (Å²) in [5, 5.41) is 15.2. The van der Waals surface area contributed by atoms with Crippen molar-refractivity contribution in [2.45, 2.75) is 33.7 Å². The molecule has 25 heavy (non-hydrogen) atoms. The highest BCUT2D eigenvalue weighted by molar-refractivity contribution is 5.95. The SMILES string of the molecule is CCOc1cc([C@@H]2NC(=O)NC(C)=C2C(=O)OCC(C)C)ccc1O. The van der Waals surface area contributed by atoms with E-state index in [1.165, 1.54) is 6.07 Å². The number of nitrogens with one attached hydrogen (secondary N) is 2. The van der Waals surface area contributed by atoms with Crippen molar-refractivity contribution in [1.29, 1.82) is 0 Å². The number of ether oxygens (including phenoxy) is 2. The quantitative estimate of drug-likeness (QED) is 0.687. The Kier molecular flexibility index (Phi) is 5.90. The van der Waals surface area contributed by atoms with Gasteiger partial charge in [0.15, 0.2) is 11.5 Å². The molecule has 0 bridgehead atoms. The minimum Gasteiger partial charge on any atom is -0.504 e. The van der Waals surface area contributed by atoms with Gasteiger partial charge in [-0.25, -0.2) is 9.59 Å². The highest BCUT2D eigenvalue weighted by Gasteiger charge is 2.32. The number of benzene rings is 1. The average molecular weight is 348 g/mol. The fourth-order valence-corrected chi connectivity index (χ4v) is 2.52. The van der Waals surface area contributed by atoms with Gasteiger partial charge in [0.2, 0.25) is 0 Å². The molecule has 0 aliphatic carbocycles. The van der Waals surface area contributed by atoms with E-state index in [1.54, 1.807) is 26.0 Å². The van der Waals surface area contributed by atoms with E-state index in [0.29, 0.717) is 29.2 Å². The largest absolute Gasteiger partial charge is 0.504 e. The summed E-state index contributed by atoms with van der Waals surface area (Å²) in [6.45, 7) is 8.02. The van der Waals surface area contributed by atoms with E-state index in [9.17, 15) is 14.7 Å². The van der Waals surface area contributed by atoms with Gasteiger partial charge in [0, 0.05) is 5.70 Å². The lowest BCUT2D eigenvalue weighted by molar-refractivity contribution is -0.140. The predicted octanol–water partition coefficient (Wildman–Crippen LogP) is 2.62. The maximum absolute atomic E-state index is 12.5. The third-order valence-corrected chi connectivity index (χ3v) is 3.65. The molecule has 7 nitrogen and oxygen atoms in total. The fraction of sp³-hybridized carbons (Fsp3) is 0.444. The number of phenols is 1. The van der Waals surface area contributed by atoms with E-state index in [4.69, 9.17) is 9.47 Å². The summed E-state index contributed by atoms with van der Waals surface area (Å²) in [5.74, 6) is -0.00163. The number of carbonyl (C=O) groups is 2.